The molecule has 1 heterocycles. The smallest absolute Gasteiger partial charge is 0.300 e. The second-order valence-corrected chi connectivity index (χ2v) is 4.58. The predicted octanol–water partition coefficient (Wildman–Crippen LogP) is 2.28. The molecule has 2 fully saturated rings. The molecular formula is C9H14F3N. The van der Waals surface area contributed by atoms with E-state index in [1.165, 1.54) is 0 Å². The van der Waals surface area contributed by atoms with Crippen LogP contribution >= 0.6 is 0 Å². The lowest BCUT2D eigenvalue weighted by Gasteiger charge is -2.25. The van der Waals surface area contributed by atoms with Crippen molar-refractivity contribution in [3.05, 3.63) is 0 Å². The summed E-state index contributed by atoms with van der Waals surface area (Å²) < 4.78 is 37.8. The van der Waals surface area contributed by atoms with Gasteiger partial charge in [0, 0.05) is 19.1 Å². The van der Waals surface area contributed by atoms with Crippen molar-refractivity contribution < 1.29 is 13.2 Å². The Balaban J connectivity index is 2.08. The molecule has 0 aromatic carbocycles. The number of halogens is 3. The minimum Gasteiger partial charge on any atom is -0.300 e. The van der Waals surface area contributed by atoms with Gasteiger partial charge in [-0.25, -0.2) is 0 Å². The molecule has 0 amide bonds. The molecule has 0 N–H and O–H groups in total. The monoisotopic (exact) mass is 193 g/mol. The summed E-state index contributed by atoms with van der Waals surface area (Å²) in [6.07, 6.45) is -3.62. The maximum atomic E-state index is 12.6. The SMILES string of the molecule is CC(C)N1CC2CC2(C(F)(F)F)C1. The van der Waals surface area contributed by atoms with Crippen LogP contribution in [0.25, 0.3) is 0 Å². The summed E-state index contributed by atoms with van der Waals surface area (Å²) in [7, 11) is 0. The van der Waals surface area contributed by atoms with Gasteiger partial charge in [0.15, 0.2) is 0 Å². The molecule has 0 aromatic heterocycles. The normalized spacial score (nSPS) is 39.7. The Morgan fingerprint density at radius 2 is 2.00 bits per heavy atom. The van der Waals surface area contributed by atoms with Crippen molar-refractivity contribution in [3.63, 3.8) is 0 Å². The summed E-state index contributed by atoms with van der Waals surface area (Å²) in [5, 5.41) is 0. The Morgan fingerprint density at radius 1 is 1.38 bits per heavy atom. The maximum Gasteiger partial charge on any atom is 0.396 e. The summed E-state index contributed by atoms with van der Waals surface area (Å²) >= 11 is 0. The van der Waals surface area contributed by atoms with Gasteiger partial charge < -0.3 is 0 Å². The summed E-state index contributed by atoms with van der Waals surface area (Å²) in [5.74, 6) is -0.116. The van der Waals surface area contributed by atoms with Crippen molar-refractivity contribution in [1.82, 2.24) is 4.90 Å². The van der Waals surface area contributed by atoms with Gasteiger partial charge in [-0.15, -0.1) is 0 Å². The third-order valence-electron chi connectivity index (χ3n) is 3.47. The molecule has 0 radical (unpaired) electrons. The van der Waals surface area contributed by atoms with Crippen LogP contribution in [-0.4, -0.2) is 30.2 Å². The van der Waals surface area contributed by atoms with Crippen molar-refractivity contribution >= 4 is 0 Å². The van der Waals surface area contributed by atoms with Crippen LogP contribution in [0, 0.1) is 11.3 Å². The van der Waals surface area contributed by atoms with E-state index < -0.39 is 11.6 Å². The molecule has 2 aliphatic rings. The third-order valence-corrected chi connectivity index (χ3v) is 3.47. The quantitative estimate of drug-likeness (QED) is 0.617. The molecule has 1 aliphatic heterocycles. The van der Waals surface area contributed by atoms with E-state index in [9.17, 15) is 13.2 Å². The van der Waals surface area contributed by atoms with E-state index in [1.54, 1.807) is 0 Å². The fraction of sp³-hybridized carbons (Fsp3) is 1.00. The van der Waals surface area contributed by atoms with Gasteiger partial charge in [-0.3, -0.25) is 4.90 Å². The summed E-state index contributed by atoms with van der Waals surface area (Å²) in [6, 6.07) is 0.243. The second kappa shape index (κ2) is 2.41. The Labute approximate surface area is 75.9 Å². The van der Waals surface area contributed by atoms with E-state index in [2.05, 4.69) is 0 Å². The molecule has 1 saturated heterocycles. The summed E-state index contributed by atoms with van der Waals surface area (Å²) in [6.45, 7) is 4.76. The maximum absolute atomic E-state index is 12.6. The molecule has 0 aromatic rings. The number of hydrogen-bond acceptors (Lipinski definition) is 1. The highest BCUT2D eigenvalue weighted by Gasteiger charge is 2.73. The van der Waals surface area contributed by atoms with Crippen LogP contribution in [0.2, 0.25) is 0 Å². The van der Waals surface area contributed by atoms with Gasteiger partial charge >= 0.3 is 6.18 Å². The number of rotatable bonds is 1. The molecule has 2 atom stereocenters. The molecule has 1 aliphatic carbocycles. The van der Waals surface area contributed by atoms with Crippen LogP contribution in [0.4, 0.5) is 13.2 Å². The standard InChI is InChI=1S/C9H14F3N/c1-6(2)13-4-7-3-8(7,5-13)9(10,11)12/h6-7H,3-5H2,1-2H3. The van der Waals surface area contributed by atoms with Gasteiger partial charge in [0.1, 0.15) is 0 Å². The fourth-order valence-corrected chi connectivity index (χ4v) is 2.35. The first-order valence-corrected chi connectivity index (χ1v) is 4.67. The Hall–Kier alpha value is -0.250. The Kier molecular flexibility index (Phi) is 1.72. The van der Waals surface area contributed by atoms with Crippen LogP contribution in [-0.2, 0) is 0 Å². The van der Waals surface area contributed by atoms with Crippen LogP contribution in [0.3, 0.4) is 0 Å². The van der Waals surface area contributed by atoms with Crippen LogP contribution in [0.1, 0.15) is 20.3 Å². The molecule has 13 heavy (non-hydrogen) atoms. The number of fused-ring (bicyclic) bond motifs is 1. The van der Waals surface area contributed by atoms with Crippen molar-refractivity contribution in [1.29, 1.82) is 0 Å². The number of hydrogen-bond donors (Lipinski definition) is 0. The van der Waals surface area contributed by atoms with E-state index >= 15 is 0 Å². The number of piperidine rings is 1. The van der Waals surface area contributed by atoms with Gasteiger partial charge in [0.25, 0.3) is 0 Å². The first-order chi connectivity index (χ1) is 5.87. The highest BCUT2D eigenvalue weighted by Crippen LogP contribution is 2.66. The predicted molar refractivity (Wildman–Crippen MR) is 43.3 cm³/mol. The molecule has 76 valence electrons. The van der Waals surface area contributed by atoms with E-state index in [1.807, 2.05) is 18.7 Å². The zero-order chi connectivity index (χ0) is 9.85. The number of likely N-dealkylation sites (tertiary alicyclic amines) is 1. The first kappa shape index (κ1) is 9.31. The van der Waals surface area contributed by atoms with Crippen molar-refractivity contribution in [2.24, 2.45) is 11.3 Å². The lowest BCUT2D eigenvalue weighted by atomic mass is 10.1. The highest BCUT2D eigenvalue weighted by atomic mass is 19.4. The summed E-state index contributed by atoms with van der Waals surface area (Å²) in [4.78, 5) is 1.93. The highest BCUT2D eigenvalue weighted by molar-refractivity contribution is 5.14. The lowest BCUT2D eigenvalue weighted by Crippen LogP contribution is -2.36. The topological polar surface area (TPSA) is 3.24 Å². The second-order valence-electron chi connectivity index (χ2n) is 4.58. The van der Waals surface area contributed by atoms with E-state index in [4.69, 9.17) is 0 Å². The zero-order valence-corrected chi connectivity index (χ0v) is 7.86. The van der Waals surface area contributed by atoms with Crippen molar-refractivity contribution in [2.75, 3.05) is 13.1 Å². The van der Waals surface area contributed by atoms with Crippen LogP contribution in [0.5, 0.6) is 0 Å². The van der Waals surface area contributed by atoms with Gasteiger partial charge in [-0.1, -0.05) is 0 Å². The zero-order valence-electron chi connectivity index (χ0n) is 7.86. The van der Waals surface area contributed by atoms with Gasteiger partial charge in [0.05, 0.1) is 5.41 Å². The lowest BCUT2D eigenvalue weighted by molar-refractivity contribution is -0.188. The third kappa shape index (κ3) is 1.18. The molecule has 2 unspecified atom stereocenters. The minimum atomic E-state index is -3.98. The molecule has 0 bridgehead atoms. The van der Waals surface area contributed by atoms with Crippen molar-refractivity contribution in [2.45, 2.75) is 32.5 Å². The van der Waals surface area contributed by atoms with Crippen LogP contribution < -0.4 is 0 Å². The fourth-order valence-electron chi connectivity index (χ4n) is 2.35. The number of alkyl halides is 3. The molecular weight excluding hydrogens is 179 g/mol. The summed E-state index contributed by atoms with van der Waals surface area (Å²) in [5.41, 5.74) is -1.32. The van der Waals surface area contributed by atoms with Gasteiger partial charge in [-0.05, 0) is 26.2 Å². The van der Waals surface area contributed by atoms with Gasteiger partial charge in [-0.2, -0.15) is 13.2 Å². The molecule has 1 saturated carbocycles. The van der Waals surface area contributed by atoms with Crippen LogP contribution in [0.15, 0.2) is 0 Å². The molecule has 4 heteroatoms. The average Bonchev–Trinajstić information content (AvgIpc) is 2.54. The Bertz CT molecular complexity index is 223. The van der Waals surface area contributed by atoms with Crippen molar-refractivity contribution in [3.8, 4) is 0 Å². The number of nitrogens with zero attached hydrogens (tertiary/aromatic N) is 1. The minimum absolute atomic E-state index is 0.116. The van der Waals surface area contributed by atoms with E-state index in [0.29, 0.717) is 13.0 Å². The van der Waals surface area contributed by atoms with E-state index in [-0.39, 0.29) is 18.5 Å². The Morgan fingerprint density at radius 3 is 2.31 bits per heavy atom. The first-order valence-electron chi connectivity index (χ1n) is 4.67. The average molecular weight is 193 g/mol. The van der Waals surface area contributed by atoms with E-state index in [0.717, 1.165) is 0 Å². The largest absolute Gasteiger partial charge is 0.396 e. The molecule has 0 spiro atoms. The molecule has 1 nitrogen and oxygen atoms in total. The van der Waals surface area contributed by atoms with Gasteiger partial charge in [0.2, 0.25) is 0 Å². The molecule has 2 rings (SSSR count).